The number of aliphatic hydroxyl groups is 1. The van der Waals surface area contributed by atoms with Crippen molar-refractivity contribution in [1.82, 2.24) is 4.90 Å². The van der Waals surface area contributed by atoms with Crippen LogP contribution in [0, 0.1) is 5.41 Å². The van der Waals surface area contributed by atoms with Crippen molar-refractivity contribution in [2.45, 2.75) is 46.3 Å². The number of carbonyl (C=O) groups excluding carboxylic acids is 1. The van der Waals surface area contributed by atoms with Crippen LogP contribution in [0.3, 0.4) is 0 Å². The Kier molecular flexibility index (Phi) is 8.40. The lowest BCUT2D eigenvalue weighted by Crippen LogP contribution is -2.45. The van der Waals surface area contributed by atoms with Gasteiger partial charge in [0, 0.05) is 12.9 Å². The molecule has 1 aliphatic rings. The highest BCUT2D eigenvalue weighted by Gasteiger charge is 2.30. The maximum Gasteiger partial charge on any atom is 0.272 e. The van der Waals surface area contributed by atoms with E-state index >= 15 is 0 Å². The number of anilines is 1. The van der Waals surface area contributed by atoms with Crippen LogP contribution in [-0.2, 0) is 21.0 Å². The molecule has 1 aromatic carbocycles. The second kappa shape index (κ2) is 10.6. The van der Waals surface area contributed by atoms with Gasteiger partial charge in [0.1, 0.15) is 17.6 Å². The summed E-state index contributed by atoms with van der Waals surface area (Å²) in [7, 11) is 3.88. The summed E-state index contributed by atoms with van der Waals surface area (Å²) in [5, 5.41) is 11.7. The van der Waals surface area contributed by atoms with Crippen LogP contribution < -0.4 is 10.8 Å². The van der Waals surface area contributed by atoms with E-state index in [-0.39, 0.29) is 13.0 Å². The van der Waals surface area contributed by atoms with Gasteiger partial charge in [-0.25, -0.2) is 5.06 Å². The number of ether oxygens (including phenoxy) is 1. The molecule has 30 heavy (non-hydrogen) atoms. The number of aliphatic imine (C=N–C) groups is 1. The fourth-order valence-corrected chi connectivity index (χ4v) is 2.85. The van der Waals surface area contributed by atoms with Crippen LogP contribution in [0.4, 0.5) is 5.69 Å². The second-order valence-corrected chi connectivity index (χ2v) is 8.70. The molecule has 1 saturated heterocycles. The number of hydrogen-bond acceptors (Lipinski definition) is 6. The maximum absolute atomic E-state index is 12.8. The number of benzene rings is 1. The fourth-order valence-electron chi connectivity index (χ4n) is 2.85. The van der Waals surface area contributed by atoms with E-state index < -0.39 is 17.4 Å². The Labute approximate surface area is 180 Å². The molecular formula is C22H36N4O4. The maximum atomic E-state index is 12.8. The summed E-state index contributed by atoms with van der Waals surface area (Å²) in [5.74, 6) is -0.359. The number of amidine groups is 1. The lowest BCUT2D eigenvalue weighted by atomic mass is 9.93. The molecule has 0 aromatic heterocycles. The molecule has 1 aliphatic heterocycles. The van der Waals surface area contributed by atoms with Crippen LogP contribution in [0.25, 0.3) is 0 Å². The molecule has 0 aliphatic carbocycles. The first-order valence-corrected chi connectivity index (χ1v) is 10.1. The largest absolute Gasteiger partial charge is 0.512 e. The smallest absolute Gasteiger partial charge is 0.272 e. The first kappa shape index (κ1) is 23.9. The van der Waals surface area contributed by atoms with E-state index in [0.717, 1.165) is 17.7 Å². The monoisotopic (exact) mass is 420 g/mol. The predicted molar refractivity (Wildman–Crippen MR) is 120 cm³/mol. The molecule has 0 saturated carbocycles. The summed E-state index contributed by atoms with van der Waals surface area (Å²) in [4.78, 5) is 24.6. The molecule has 1 atom stereocenters. The zero-order valence-electron chi connectivity index (χ0n) is 18.6. The first-order valence-electron chi connectivity index (χ1n) is 10.1. The minimum absolute atomic E-state index is 0. The zero-order valence-corrected chi connectivity index (χ0v) is 18.6. The summed E-state index contributed by atoms with van der Waals surface area (Å²) in [6, 6.07) is 7.13. The molecule has 168 valence electrons. The minimum atomic E-state index is -0.583. The number of amides is 1. The molecular weight excluding hydrogens is 384 g/mol. The lowest BCUT2D eigenvalue weighted by Gasteiger charge is -2.34. The molecule has 1 fully saturated rings. The van der Waals surface area contributed by atoms with Crippen LogP contribution in [0.2, 0.25) is 0 Å². The third-order valence-electron chi connectivity index (χ3n) is 4.50. The highest BCUT2D eigenvalue weighted by molar-refractivity contribution is 6.02. The minimum Gasteiger partial charge on any atom is -0.512 e. The Morgan fingerprint density at radius 2 is 2.20 bits per heavy atom. The number of nitrogens with two attached hydrogens (primary N) is 1. The van der Waals surface area contributed by atoms with Crippen molar-refractivity contribution in [2.75, 3.05) is 32.5 Å². The van der Waals surface area contributed by atoms with Gasteiger partial charge in [-0.1, -0.05) is 32.9 Å². The van der Waals surface area contributed by atoms with Gasteiger partial charge in [0.05, 0.1) is 25.6 Å². The number of nitrogens with zero attached hydrogens (tertiary/aromatic N) is 3. The van der Waals surface area contributed by atoms with Crippen molar-refractivity contribution in [3.05, 3.63) is 41.7 Å². The van der Waals surface area contributed by atoms with Crippen molar-refractivity contribution in [2.24, 2.45) is 16.1 Å². The van der Waals surface area contributed by atoms with Crippen LogP contribution >= 0.6 is 0 Å². The van der Waals surface area contributed by atoms with Crippen molar-refractivity contribution in [3.8, 4) is 0 Å². The molecule has 2 rings (SSSR count). The predicted octanol–water partition coefficient (Wildman–Crippen LogP) is 3.24. The SMILES string of the molecule is CN(C)COCc1cccc(N2OCCC[C@H]2C(=O)N=C(N)/C=C(\O)C(C)(C)C)c1.[HH]. The quantitative estimate of drug-likeness (QED) is 0.302. The number of rotatable bonds is 7. The van der Waals surface area contributed by atoms with E-state index in [1.54, 1.807) is 5.06 Å². The molecule has 1 aromatic rings. The van der Waals surface area contributed by atoms with Crippen molar-refractivity contribution >= 4 is 17.4 Å². The summed E-state index contributed by atoms with van der Waals surface area (Å²) in [5.41, 5.74) is 7.15. The molecule has 8 heteroatoms. The highest BCUT2D eigenvalue weighted by Crippen LogP contribution is 2.26. The average molecular weight is 421 g/mol. The molecule has 0 unspecified atom stereocenters. The Balaban J connectivity index is 0.00000480. The normalized spacial score (nSPS) is 18.7. The van der Waals surface area contributed by atoms with Gasteiger partial charge in [0.2, 0.25) is 0 Å². The Bertz CT molecular complexity index is 790. The van der Waals surface area contributed by atoms with Crippen molar-refractivity contribution < 1.29 is 20.9 Å². The van der Waals surface area contributed by atoms with E-state index in [1.165, 1.54) is 6.08 Å². The fraction of sp³-hybridized carbons (Fsp3) is 0.545. The Morgan fingerprint density at radius 3 is 2.87 bits per heavy atom. The summed E-state index contributed by atoms with van der Waals surface area (Å²) < 4.78 is 5.65. The highest BCUT2D eigenvalue weighted by atomic mass is 16.7. The Hall–Kier alpha value is -2.42. The summed E-state index contributed by atoms with van der Waals surface area (Å²) in [6.45, 7) is 7.05. The van der Waals surface area contributed by atoms with Gasteiger partial charge in [0.25, 0.3) is 5.91 Å². The van der Waals surface area contributed by atoms with Crippen molar-refractivity contribution in [3.63, 3.8) is 0 Å². The molecule has 8 nitrogen and oxygen atoms in total. The average Bonchev–Trinajstić information content (AvgIpc) is 2.67. The summed E-state index contributed by atoms with van der Waals surface area (Å²) in [6.07, 6.45) is 2.68. The van der Waals surface area contributed by atoms with Crippen molar-refractivity contribution in [1.29, 1.82) is 0 Å². The van der Waals surface area contributed by atoms with E-state index in [9.17, 15) is 9.90 Å². The zero-order chi connectivity index (χ0) is 22.3. The van der Waals surface area contributed by atoms with E-state index in [4.69, 9.17) is 15.3 Å². The number of carbonyl (C=O) groups is 1. The molecule has 0 bridgehead atoms. The van der Waals surface area contributed by atoms with E-state index in [1.807, 2.05) is 64.0 Å². The topological polar surface area (TPSA) is 101 Å². The van der Waals surface area contributed by atoms with Crippen LogP contribution in [0.1, 0.15) is 40.6 Å². The van der Waals surface area contributed by atoms with Gasteiger partial charge >= 0.3 is 0 Å². The third-order valence-corrected chi connectivity index (χ3v) is 4.50. The van der Waals surface area contributed by atoms with Gasteiger partial charge in [-0.2, -0.15) is 4.99 Å². The van der Waals surface area contributed by atoms with Crippen LogP contribution in [0.5, 0.6) is 0 Å². The first-order chi connectivity index (χ1) is 14.1. The van der Waals surface area contributed by atoms with Crippen LogP contribution in [-0.4, -0.2) is 55.2 Å². The van der Waals surface area contributed by atoms with Gasteiger partial charge in [-0.05, 0) is 44.6 Å². The van der Waals surface area contributed by atoms with Crippen LogP contribution in [0.15, 0.2) is 41.1 Å². The molecule has 1 amide bonds. The lowest BCUT2D eigenvalue weighted by molar-refractivity contribution is -0.122. The number of hydroxylamine groups is 1. The summed E-state index contributed by atoms with van der Waals surface area (Å²) >= 11 is 0. The molecule has 0 spiro atoms. The van der Waals surface area contributed by atoms with Gasteiger partial charge in [0.15, 0.2) is 0 Å². The van der Waals surface area contributed by atoms with Gasteiger partial charge < -0.3 is 15.6 Å². The standard InChI is InChI=1S/C22H34N4O4.H2/c1-22(2,3)19(27)13-20(23)24-21(28)18-10-7-11-30-26(18)17-9-6-8-16(12-17)14-29-15-25(4)5;/h6,8-9,12-13,18,27H,7,10-11,14-15H2,1-5H3,(H2,23,24,28);1H/b19-13-;/t18-;/m0./s1. The third kappa shape index (κ3) is 7.12. The van der Waals surface area contributed by atoms with E-state index in [0.29, 0.717) is 26.4 Å². The number of aliphatic hydroxyl groups excluding tert-OH is 1. The number of hydrogen-bond donors (Lipinski definition) is 2. The molecule has 0 radical (unpaired) electrons. The number of allylic oxidation sites excluding steroid dienone is 1. The molecule has 3 N–H and O–H groups in total. The Morgan fingerprint density at radius 1 is 1.47 bits per heavy atom. The van der Waals surface area contributed by atoms with Gasteiger partial charge in [-0.3, -0.25) is 14.5 Å². The van der Waals surface area contributed by atoms with Gasteiger partial charge in [-0.15, -0.1) is 0 Å². The molecule has 1 heterocycles. The second-order valence-electron chi connectivity index (χ2n) is 8.70. The van der Waals surface area contributed by atoms with E-state index in [2.05, 4.69) is 4.99 Å².